The average molecular weight is 393 g/mol. The number of hydrogen-bond acceptors (Lipinski definition) is 5. The Morgan fingerprint density at radius 3 is 2.56 bits per heavy atom. The first-order valence-electron chi connectivity index (χ1n) is 7.39. The quantitative estimate of drug-likeness (QED) is 0.490. The van der Waals surface area contributed by atoms with Gasteiger partial charge < -0.3 is 4.74 Å². The summed E-state index contributed by atoms with van der Waals surface area (Å²) < 4.78 is 5.97. The number of ether oxygens (including phenoxy) is 1. The summed E-state index contributed by atoms with van der Waals surface area (Å²) in [6, 6.07) is 10.4. The second-order valence-corrected chi connectivity index (χ2v) is 7.16. The third kappa shape index (κ3) is 3.73. The summed E-state index contributed by atoms with van der Waals surface area (Å²) in [5.74, 6) is -0.321. The highest BCUT2D eigenvalue weighted by Gasteiger charge is 2.34. The van der Waals surface area contributed by atoms with Gasteiger partial charge in [0.15, 0.2) is 5.11 Å². The van der Waals surface area contributed by atoms with Crippen LogP contribution in [0.15, 0.2) is 42.0 Å². The number of nitrogens with zero attached hydrogens (tertiary/aromatic N) is 1. The molecule has 1 aliphatic rings. The Morgan fingerprint density at radius 2 is 1.96 bits per heavy atom. The third-order valence-corrected chi connectivity index (χ3v) is 4.85. The standard InChI is InChI=1S/C17H13ClN2O3S2/c1-2-23-11-5-3-10(4-6-11)20-16(22)13(15(21)19-17(20)24)9-12-7-8-14(18)25-12/h3-9H,2H2,1H3,(H,19,21,24)/b13-9+. The van der Waals surface area contributed by atoms with Gasteiger partial charge >= 0.3 is 0 Å². The van der Waals surface area contributed by atoms with E-state index in [-0.39, 0.29) is 10.7 Å². The zero-order valence-electron chi connectivity index (χ0n) is 13.1. The van der Waals surface area contributed by atoms with Crippen LogP contribution < -0.4 is 15.0 Å². The van der Waals surface area contributed by atoms with Gasteiger partial charge in [0.05, 0.1) is 16.6 Å². The second-order valence-electron chi connectivity index (χ2n) is 5.03. The molecule has 3 rings (SSSR count). The van der Waals surface area contributed by atoms with E-state index in [4.69, 9.17) is 28.6 Å². The van der Waals surface area contributed by atoms with Gasteiger partial charge in [0.2, 0.25) is 0 Å². The van der Waals surface area contributed by atoms with Gasteiger partial charge in [-0.15, -0.1) is 11.3 Å². The van der Waals surface area contributed by atoms with Gasteiger partial charge in [-0.1, -0.05) is 11.6 Å². The van der Waals surface area contributed by atoms with Crippen molar-refractivity contribution in [3.8, 4) is 5.75 Å². The van der Waals surface area contributed by atoms with Gasteiger partial charge in [-0.2, -0.15) is 0 Å². The Labute approximate surface area is 158 Å². The highest BCUT2D eigenvalue weighted by atomic mass is 35.5. The zero-order valence-corrected chi connectivity index (χ0v) is 15.5. The smallest absolute Gasteiger partial charge is 0.270 e. The van der Waals surface area contributed by atoms with Gasteiger partial charge in [0, 0.05) is 4.88 Å². The molecule has 1 N–H and O–H groups in total. The molecule has 0 saturated carbocycles. The highest BCUT2D eigenvalue weighted by Crippen LogP contribution is 2.27. The van der Waals surface area contributed by atoms with Crippen LogP contribution in [-0.2, 0) is 9.59 Å². The lowest BCUT2D eigenvalue weighted by Gasteiger charge is -2.28. The summed E-state index contributed by atoms with van der Waals surface area (Å²) in [6.45, 7) is 2.44. The van der Waals surface area contributed by atoms with Crippen LogP contribution in [0.2, 0.25) is 4.34 Å². The SMILES string of the molecule is CCOc1ccc(N2C(=O)/C(=C/c3ccc(Cl)s3)C(=O)NC2=S)cc1. The molecule has 5 nitrogen and oxygen atoms in total. The summed E-state index contributed by atoms with van der Waals surface area (Å²) in [6.07, 6.45) is 1.51. The maximum absolute atomic E-state index is 12.8. The summed E-state index contributed by atoms with van der Waals surface area (Å²) >= 11 is 12.3. The molecule has 0 bridgehead atoms. The molecule has 0 unspecified atom stereocenters. The van der Waals surface area contributed by atoms with Crippen molar-refractivity contribution in [2.24, 2.45) is 0 Å². The Morgan fingerprint density at radius 1 is 1.24 bits per heavy atom. The maximum atomic E-state index is 12.8. The number of nitrogens with one attached hydrogen (secondary N) is 1. The van der Waals surface area contributed by atoms with Crippen LogP contribution in [0.1, 0.15) is 11.8 Å². The molecule has 1 aromatic heterocycles. The topological polar surface area (TPSA) is 58.6 Å². The van der Waals surface area contributed by atoms with Crippen molar-refractivity contribution in [3.05, 3.63) is 51.2 Å². The number of hydrogen-bond donors (Lipinski definition) is 1. The highest BCUT2D eigenvalue weighted by molar-refractivity contribution is 7.80. The molecule has 2 heterocycles. The monoisotopic (exact) mass is 392 g/mol. The van der Waals surface area contributed by atoms with Crippen molar-refractivity contribution in [2.75, 3.05) is 11.5 Å². The number of anilines is 1. The number of benzene rings is 1. The Balaban J connectivity index is 1.93. The predicted octanol–water partition coefficient (Wildman–Crippen LogP) is 3.63. The number of rotatable bonds is 4. The van der Waals surface area contributed by atoms with Gasteiger partial charge in [-0.05, 0) is 61.6 Å². The fourth-order valence-corrected chi connectivity index (χ4v) is 3.58. The van der Waals surface area contributed by atoms with Crippen molar-refractivity contribution in [3.63, 3.8) is 0 Å². The van der Waals surface area contributed by atoms with E-state index >= 15 is 0 Å². The Kier molecular flexibility index (Phi) is 5.17. The van der Waals surface area contributed by atoms with Crippen LogP contribution in [0.4, 0.5) is 5.69 Å². The largest absolute Gasteiger partial charge is 0.494 e. The lowest BCUT2D eigenvalue weighted by molar-refractivity contribution is -0.122. The molecule has 128 valence electrons. The first kappa shape index (κ1) is 17.6. The molecule has 1 saturated heterocycles. The number of carbonyl (C=O) groups is 2. The van der Waals surface area contributed by atoms with E-state index in [1.54, 1.807) is 36.4 Å². The number of carbonyl (C=O) groups excluding carboxylic acids is 2. The Hall–Kier alpha value is -2.22. The third-order valence-electron chi connectivity index (χ3n) is 3.39. The van der Waals surface area contributed by atoms with E-state index in [9.17, 15) is 9.59 Å². The molecule has 2 aromatic rings. The van der Waals surface area contributed by atoms with Crippen molar-refractivity contribution in [1.82, 2.24) is 5.32 Å². The van der Waals surface area contributed by atoms with Crippen LogP contribution in [-0.4, -0.2) is 23.5 Å². The van der Waals surface area contributed by atoms with Crippen molar-refractivity contribution >= 4 is 63.8 Å². The molecule has 1 fully saturated rings. The molecule has 1 aliphatic heterocycles. The van der Waals surface area contributed by atoms with Crippen LogP contribution in [0.5, 0.6) is 5.75 Å². The van der Waals surface area contributed by atoms with Crippen LogP contribution in [0, 0.1) is 0 Å². The van der Waals surface area contributed by atoms with Gasteiger partial charge in [-0.25, -0.2) is 0 Å². The molecule has 8 heteroatoms. The minimum absolute atomic E-state index is 0.000927. The molecule has 25 heavy (non-hydrogen) atoms. The first-order chi connectivity index (χ1) is 12.0. The fourth-order valence-electron chi connectivity index (χ4n) is 2.30. The van der Waals surface area contributed by atoms with E-state index in [0.29, 0.717) is 27.3 Å². The van der Waals surface area contributed by atoms with E-state index in [0.717, 1.165) is 0 Å². The molecule has 0 spiro atoms. The van der Waals surface area contributed by atoms with E-state index in [1.807, 2.05) is 6.92 Å². The molecular formula is C17H13ClN2O3S2. The second kappa shape index (κ2) is 7.35. The van der Waals surface area contributed by atoms with Crippen molar-refractivity contribution in [2.45, 2.75) is 6.92 Å². The van der Waals surface area contributed by atoms with E-state index < -0.39 is 11.8 Å². The molecule has 0 aliphatic carbocycles. The van der Waals surface area contributed by atoms with Gasteiger partial charge in [0.25, 0.3) is 11.8 Å². The first-order valence-corrected chi connectivity index (χ1v) is 8.99. The minimum Gasteiger partial charge on any atom is -0.494 e. The Bertz CT molecular complexity index is 874. The normalized spacial score (nSPS) is 16.3. The van der Waals surface area contributed by atoms with E-state index in [2.05, 4.69) is 5.32 Å². The molecule has 0 atom stereocenters. The number of halogens is 1. The minimum atomic E-state index is -0.526. The summed E-state index contributed by atoms with van der Waals surface area (Å²) in [5, 5.41) is 2.59. The predicted molar refractivity (Wildman–Crippen MR) is 103 cm³/mol. The lowest BCUT2D eigenvalue weighted by atomic mass is 10.1. The maximum Gasteiger partial charge on any atom is 0.270 e. The summed E-state index contributed by atoms with van der Waals surface area (Å²) in [7, 11) is 0. The van der Waals surface area contributed by atoms with Crippen LogP contribution in [0.25, 0.3) is 6.08 Å². The van der Waals surface area contributed by atoms with Crippen LogP contribution in [0.3, 0.4) is 0 Å². The fraction of sp³-hybridized carbons (Fsp3) is 0.118. The van der Waals surface area contributed by atoms with E-state index in [1.165, 1.54) is 22.3 Å². The number of amides is 2. The van der Waals surface area contributed by atoms with Gasteiger partial charge in [-0.3, -0.25) is 19.8 Å². The molecule has 1 aromatic carbocycles. The van der Waals surface area contributed by atoms with Crippen molar-refractivity contribution in [1.29, 1.82) is 0 Å². The lowest BCUT2D eigenvalue weighted by Crippen LogP contribution is -2.54. The van der Waals surface area contributed by atoms with Crippen molar-refractivity contribution < 1.29 is 14.3 Å². The van der Waals surface area contributed by atoms with Crippen LogP contribution >= 0.6 is 35.2 Å². The van der Waals surface area contributed by atoms with Gasteiger partial charge in [0.1, 0.15) is 11.3 Å². The molecule has 0 radical (unpaired) electrons. The molecule has 2 amide bonds. The number of thiocarbonyl (C=S) groups is 1. The average Bonchev–Trinajstić information content (AvgIpc) is 2.98. The zero-order chi connectivity index (χ0) is 18.0. The number of thiophene rings is 1. The summed E-state index contributed by atoms with van der Waals surface area (Å²) in [4.78, 5) is 27.0. The summed E-state index contributed by atoms with van der Waals surface area (Å²) in [5.41, 5.74) is 0.551. The molecular weight excluding hydrogens is 380 g/mol.